The van der Waals surface area contributed by atoms with E-state index in [0.29, 0.717) is 11.7 Å². The number of aromatic amines is 1. The zero-order valence-electron chi connectivity index (χ0n) is 11.0. The molecular weight excluding hydrogens is 254 g/mol. The number of benzene rings is 1. The average Bonchev–Trinajstić information content (AvgIpc) is 3.22. The second-order valence-electron chi connectivity index (χ2n) is 5.12. The maximum Gasteiger partial charge on any atom is 0.235 e. The van der Waals surface area contributed by atoms with Gasteiger partial charge in [0.2, 0.25) is 5.91 Å². The van der Waals surface area contributed by atoms with Crippen LogP contribution in [0.15, 0.2) is 36.4 Å². The number of carbonyl (C=O) groups excluding carboxylic acids is 1. The molecule has 1 heterocycles. The van der Waals surface area contributed by atoms with Crippen molar-refractivity contribution in [2.45, 2.75) is 24.7 Å². The number of aromatic nitrogens is 2. The molecular formula is C15H17N3O2. The fourth-order valence-corrected chi connectivity index (χ4v) is 2.24. The van der Waals surface area contributed by atoms with Gasteiger partial charge < -0.3 is 10.4 Å². The molecule has 0 radical (unpaired) electrons. The summed E-state index contributed by atoms with van der Waals surface area (Å²) in [5.41, 5.74) is 1.87. The summed E-state index contributed by atoms with van der Waals surface area (Å²) in [6.07, 6.45) is 2.36. The smallest absolute Gasteiger partial charge is 0.235 e. The third-order valence-corrected chi connectivity index (χ3v) is 3.57. The van der Waals surface area contributed by atoms with Crippen LogP contribution in [0.5, 0.6) is 0 Å². The topological polar surface area (TPSA) is 78.0 Å². The lowest BCUT2D eigenvalue weighted by Crippen LogP contribution is -2.24. The van der Waals surface area contributed by atoms with Gasteiger partial charge in [0.25, 0.3) is 0 Å². The summed E-state index contributed by atoms with van der Waals surface area (Å²) in [5.74, 6) is 0.270. The quantitative estimate of drug-likeness (QED) is 0.778. The Morgan fingerprint density at radius 3 is 2.80 bits per heavy atom. The third kappa shape index (κ3) is 2.72. The number of nitrogens with one attached hydrogen (secondary N) is 2. The predicted molar refractivity (Wildman–Crippen MR) is 75.5 cm³/mol. The van der Waals surface area contributed by atoms with Crippen molar-refractivity contribution in [2.75, 3.05) is 11.9 Å². The standard InChI is InChI=1S/C15H17N3O2/c19-9-12(10-4-2-1-3-5-10)15(20)16-14-8-13(17-18-14)11-6-7-11/h1-5,8,11-12,19H,6-7,9H2,(H2,16,17,18,20). The van der Waals surface area contributed by atoms with E-state index in [2.05, 4.69) is 15.5 Å². The predicted octanol–water partition coefficient (Wildman–Crippen LogP) is 2.00. The molecule has 3 N–H and O–H groups in total. The van der Waals surface area contributed by atoms with Crippen molar-refractivity contribution in [3.05, 3.63) is 47.7 Å². The zero-order valence-corrected chi connectivity index (χ0v) is 11.0. The minimum Gasteiger partial charge on any atom is -0.395 e. The van der Waals surface area contributed by atoms with Crippen LogP contribution >= 0.6 is 0 Å². The highest BCUT2D eigenvalue weighted by Gasteiger charge is 2.26. The van der Waals surface area contributed by atoms with Gasteiger partial charge in [0, 0.05) is 17.7 Å². The Hall–Kier alpha value is -2.14. The summed E-state index contributed by atoms with van der Waals surface area (Å²) in [7, 11) is 0. The van der Waals surface area contributed by atoms with Crippen molar-refractivity contribution in [1.29, 1.82) is 0 Å². The first-order chi connectivity index (χ1) is 9.78. The highest BCUT2D eigenvalue weighted by atomic mass is 16.3. The molecule has 1 unspecified atom stereocenters. The largest absolute Gasteiger partial charge is 0.395 e. The van der Waals surface area contributed by atoms with E-state index in [1.165, 1.54) is 12.8 Å². The van der Waals surface area contributed by atoms with Crippen molar-refractivity contribution in [3.8, 4) is 0 Å². The van der Waals surface area contributed by atoms with Crippen LogP contribution in [-0.4, -0.2) is 27.8 Å². The number of hydrogen-bond donors (Lipinski definition) is 3. The Bertz CT molecular complexity index is 590. The van der Waals surface area contributed by atoms with Crippen molar-refractivity contribution >= 4 is 11.7 Å². The molecule has 3 rings (SSSR count). The molecule has 1 aliphatic carbocycles. The number of hydrogen-bond acceptors (Lipinski definition) is 3. The number of amides is 1. The van der Waals surface area contributed by atoms with Gasteiger partial charge in [-0.1, -0.05) is 30.3 Å². The molecule has 5 nitrogen and oxygen atoms in total. The number of H-pyrrole nitrogens is 1. The number of rotatable bonds is 5. The van der Waals surface area contributed by atoms with Crippen LogP contribution in [0.4, 0.5) is 5.82 Å². The Morgan fingerprint density at radius 1 is 1.40 bits per heavy atom. The van der Waals surface area contributed by atoms with Crippen LogP contribution in [-0.2, 0) is 4.79 Å². The molecule has 20 heavy (non-hydrogen) atoms. The number of aliphatic hydroxyl groups is 1. The Labute approximate surface area is 117 Å². The Kier molecular flexibility index (Phi) is 3.52. The normalized spacial score (nSPS) is 15.8. The molecule has 2 aromatic rings. The summed E-state index contributed by atoms with van der Waals surface area (Å²) in [6.45, 7) is -0.226. The molecule has 1 amide bonds. The zero-order chi connectivity index (χ0) is 13.9. The van der Waals surface area contributed by atoms with Crippen LogP contribution in [0, 0.1) is 0 Å². The van der Waals surface area contributed by atoms with Gasteiger partial charge in [0.15, 0.2) is 5.82 Å². The first-order valence-corrected chi connectivity index (χ1v) is 6.80. The lowest BCUT2D eigenvalue weighted by molar-refractivity contribution is -0.118. The van der Waals surface area contributed by atoms with Crippen LogP contribution in [0.25, 0.3) is 0 Å². The molecule has 104 valence electrons. The molecule has 1 saturated carbocycles. The van der Waals surface area contributed by atoms with Crippen molar-refractivity contribution in [2.24, 2.45) is 0 Å². The van der Waals surface area contributed by atoms with E-state index in [9.17, 15) is 9.90 Å². The summed E-state index contributed by atoms with van der Waals surface area (Å²) < 4.78 is 0. The molecule has 0 bridgehead atoms. The maximum absolute atomic E-state index is 12.2. The second kappa shape index (κ2) is 5.46. The van der Waals surface area contributed by atoms with Gasteiger partial charge in [-0.3, -0.25) is 9.89 Å². The van der Waals surface area contributed by atoms with Crippen molar-refractivity contribution in [3.63, 3.8) is 0 Å². The van der Waals surface area contributed by atoms with E-state index in [4.69, 9.17) is 0 Å². The number of anilines is 1. The second-order valence-corrected chi connectivity index (χ2v) is 5.12. The molecule has 1 aromatic heterocycles. The van der Waals surface area contributed by atoms with Gasteiger partial charge in [-0.15, -0.1) is 0 Å². The number of aliphatic hydroxyl groups excluding tert-OH is 1. The molecule has 0 spiro atoms. The monoisotopic (exact) mass is 271 g/mol. The Morgan fingerprint density at radius 2 is 2.15 bits per heavy atom. The van der Waals surface area contributed by atoms with Gasteiger partial charge in [-0.25, -0.2) is 0 Å². The molecule has 1 aromatic carbocycles. The molecule has 1 fully saturated rings. The van der Waals surface area contributed by atoms with Gasteiger partial charge in [-0.05, 0) is 18.4 Å². The van der Waals surface area contributed by atoms with E-state index in [1.807, 2.05) is 36.4 Å². The first kappa shape index (κ1) is 12.9. The van der Waals surface area contributed by atoms with Crippen LogP contribution in [0.3, 0.4) is 0 Å². The summed E-state index contributed by atoms with van der Waals surface area (Å²) in [5, 5.41) is 19.2. The fraction of sp³-hybridized carbons (Fsp3) is 0.333. The minimum absolute atomic E-state index is 0.226. The van der Waals surface area contributed by atoms with E-state index in [0.717, 1.165) is 11.3 Å². The van der Waals surface area contributed by atoms with Gasteiger partial charge >= 0.3 is 0 Å². The third-order valence-electron chi connectivity index (χ3n) is 3.57. The molecule has 1 atom stereocenters. The molecule has 1 aliphatic rings. The first-order valence-electron chi connectivity index (χ1n) is 6.80. The molecule has 0 saturated heterocycles. The van der Waals surface area contributed by atoms with Crippen LogP contribution in [0.1, 0.15) is 35.9 Å². The van der Waals surface area contributed by atoms with E-state index >= 15 is 0 Å². The van der Waals surface area contributed by atoms with Crippen LogP contribution in [0.2, 0.25) is 0 Å². The van der Waals surface area contributed by atoms with Gasteiger partial charge in [0.05, 0.1) is 12.5 Å². The average molecular weight is 271 g/mol. The maximum atomic E-state index is 12.2. The lowest BCUT2D eigenvalue weighted by Gasteiger charge is -2.13. The SMILES string of the molecule is O=C(Nc1cc(C2CC2)[nH]n1)C(CO)c1ccccc1. The summed E-state index contributed by atoms with van der Waals surface area (Å²) >= 11 is 0. The van der Waals surface area contributed by atoms with Crippen molar-refractivity contribution in [1.82, 2.24) is 10.2 Å². The number of nitrogens with zero attached hydrogens (tertiary/aromatic N) is 1. The van der Waals surface area contributed by atoms with E-state index < -0.39 is 5.92 Å². The summed E-state index contributed by atoms with van der Waals surface area (Å²) in [4.78, 5) is 12.2. The minimum atomic E-state index is -0.572. The molecule has 0 aliphatic heterocycles. The van der Waals surface area contributed by atoms with Crippen LogP contribution < -0.4 is 5.32 Å². The van der Waals surface area contributed by atoms with Gasteiger partial charge in [-0.2, -0.15) is 5.10 Å². The van der Waals surface area contributed by atoms with Gasteiger partial charge in [0.1, 0.15) is 0 Å². The van der Waals surface area contributed by atoms with E-state index in [1.54, 1.807) is 0 Å². The molecule has 5 heteroatoms. The Balaban J connectivity index is 1.70. The lowest BCUT2D eigenvalue weighted by atomic mass is 9.99. The fourth-order valence-electron chi connectivity index (χ4n) is 2.24. The van der Waals surface area contributed by atoms with E-state index in [-0.39, 0.29) is 12.5 Å². The van der Waals surface area contributed by atoms with Crippen molar-refractivity contribution < 1.29 is 9.90 Å². The highest BCUT2D eigenvalue weighted by Crippen LogP contribution is 2.39. The highest BCUT2D eigenvalue weighted by molar-refractivity contribution is 5.95. The number of carbonyl (C=O) groups is 1. The summed E-state index contributed by atoms with van der Waals surface area (Å²) in [6, 6.07) is 11.1.